The van der Waals surface area contributed by atoms with Crippen LogP contribution in [0.1, 0.15) is 42.5 Å². The smallest absolute Gasteiger partial charge is 0.303 e. The highest BCUT2D eigenvalue weighted by molar-refractivity contribution is 7.87. The average Bonchev–Trinajstić information content (AvgIpc) is 2.95. The van der Waals surface area contributed by atoms with E-state index in [0.717, 1.165) is 29.3 Å². The van der Waals surface area contributed by atoms with Crippen molar-refractivity contribution in [3.63, 3.8) is 0 Å². The van der Waals surface area contributed by atoms with Crippen molar-refractivity contribution in [2.45, 2.75) is 37.8 Å². The lowest BCUT2D eigenvalue weighted by atomic mass is 9.75. The van der Waals surface area contributed by atoms with Gasteiger partial charge in [-0.2, -0.15) is 12.7 Å². The fourth-order valence-corrected chi connectivity index (χ4v) is 6.24. The van der Waals surface area contributed by atoms with Crippen LogP contribution in [0, 0.1) is 23.1 Å². The SMILES string of the molecule is CN(C)S(=O)(=O)NC(=O)c1cc(Cl)c(OCC23CC4CC2CC(F)(C4)C3)cc1F. The van der Waals surface area contributed by atoms with Crippen LogP contribution in [-0.4, -0.2) is 45.0 Å². The second-order valence-electron chi connectivity index (χ2n) is 8.87. The Kier molecular flexibility index (Phi) is 4.87. The second-order valence-corrected chi connectivity index (χ2v) is 11.2. The quantitative estimate of drug-likeness (QED) is 0.724. The van der Waals surface area contributed by atoms with Gasteiger partial charge in [0.2, 0.25) is 0 Å². The van der Waals surface area contributed by atoms with Crippen LogP contribution in [0.3, 0.4) is 0 Å². The van der Waals surface area contributed by atoms with Crippen molar-refractivity contribution in [3.8, 4) is 5.75 Å². The number of alkyl halides is 1. The molecule has 10 heteroatoms. The van der Waals surface area contributed by atoms with Crippen LogP contribution >= 0.6 is 11.6 Å². The number of carbonyl (C=O) groups is 1. The summed E-state index contributed by atoms with van der Waals surface area (Å²) in [7, 11) is -1.59. The molecule has 1 aromatic rings. The number of ether oxygens (including phenoxy) is 1. The molecule has 29 heavy (non-hydrogen) atoms. The minimum Gasteiger partial charge on any atom is -0.491 e. The fourth-order valence-electron chi connectivity index (χ4n) is 5.49. The maximum Gasteiger partial charge on any atom is 0.303 e. The highest BCUT2D eigenvalue weighted by atomic mass is 35.5. The molecular weight excluding hydrogens is 426 g/mol. The molecular formula is C19H23ClF2N2O4S. The van der Waals surface area contributed by atoms with Gasteiger partial charge in [0.1, 0.15) is 17.2 Å². The lowest BCUT2D eigenvalue weighted by Crippen LogP contribution is -2.39. The molecule has 4 aliphatic rings. The standard InChI is InChI=1S/C19H23ClF2N2O4S/c1-24(2)29(26,27)23-17(25)13-4-14(20)16(5-15(13)21)28-10-18-6-11-3-12(18)8-19(22,7-11)9-18/h4-5,11-12H,3,6-10H2,1-2H3,(H,23,25). The largest absolute Gasteiger partial charge is 0.491 e. The van der Waals surface area contributed by atoms with Crippen LogP contribution in [0.2, 0.25) is 5.02 Å². The Bertz CT molecular complexity index is 973. The first-order valence-corrected chi connectivity index (χ1v) is 11.3. The molecule has 4 saturated carbocycles. The number of nitrogens with zero attached hydrogens (tertiary/aromatic N) is 1. The zero-order chi connectivity index (χ0) is 21.2. The van der Waals surface area contributed by atoms with Gasteiger partial charge in [0, 0.05) is 25.6 Å². The van der Waals surface area contributed by atoms with Gasteiger partial charge < -0.3 is 4.74 Å². The number of halogens is 3. The molecule has 4 atom stereocenters. The summed E-state index contributed by atoms with van der Waals surface area (Å²) in [6.07, 6.45) is 3.57. The van der Waals surface area contributed by atoms with Crippen molar-refractivity contribution in [1.82, 2.24) is 9.03 Å². The molecule has 0 saturated heterocycles. The summed E-state index contributed by atoms with van der Waals surface area (Å²) in [5.41, 5.74) is -1.85. The van der Waals surface area contributed by atoms with Crippen LogP contribution in [0.25, 0.3) is 0 Å². The molecule has 4 unspecified atom stereocenters. The van der Waals surface area contributed by atoms with E-state index >= 15 is 0 Å². The van der Waals surface area contributed by atoms with E-state index in [9.17, 15) is 22.0 Å². The highest BCUT2D eigenvalue weighted by Gasteiger charge is 2.64. The molecule has 0 aromatic heterocycles. The van der Waals surface area contributed by atoms with Crippen LogP contribution in [0.4, 0.5) is 8.78 Å². The maximum absolute atomic E-state index is 14.8. The molecule has 4 fully saturated rings. The van der Waals surface area contributed by atoms with Gasteiger partial charge in [-0.05, 0) is 50.0 Å². The monoisotopic (exact) mass is 448 g/mol. The van der Waals surface area contributed by atoms with Crippen molar-refractivity contribution >= 4 is 27.7 Å². The summed E-state index contributed by atoms with van der Waals surface area (Å²) < 4.78 is 61.2. The average molecular weight is 449 g/mol. The molecule has 6 nitrogen and oxygen atoms in total. The number of carbonyl (C=O) groups excluding carboxylic acids is 1. The summed E-state index contributed by atoms with van der Waals surface area (Å²) in [5, 5.41) is -0.0112. The minimum atomic E-state index is -4.07. The molecule has 1 N–H and O–H groups in total. The van der Waals surface area contributed by atoms with Gasteiger partial charge in [0.25, 0.3) is 5.91 Å². The van der Waals surface area contributed by atoms with Crippen LogP contribution < -0.4 is 9.46 Å². The third-order valence-corrected chi connectivity index (χ3v) is 8.30. The molecule has 0 radical (unpaired) electrons. The number of benzene rings is 1. The normalized spacial score (nSPS) is 32.8. The Morgan fingerprint density at radius 2 is 2.07 bits per heavy atom. The van der Waals surface area contributed by atoms with E-state index in [2.05, 4.69) is 0 Å². The summed E-state index contributed by atoms with van der Waals surface area (Å²) in [6.45, 7) is 0.250. The maximum atomic E-state index is 14.8. The first-order valence-electron chi connectivity index (χ1n) is 9.48. The number of hydrogen-bond acceptors (Lipinski definition) is 4. The van der Waals surface area contributed by atoms with Gasteiger partial charge in [-0.1, -0.05) is 11.6 Å². The Balaban J connectivity index is 1.49. The van der Waals surface area contributed by atoms with E-state index in [1.54, 1.807) is 4.72 Å². The molecule has 4 aliphatic carbocycles. The molecule has 1 amide bonds. The van der Waals surface area contributed by atoms with E-state index in [0.29, 0.717) is 25.2 Å². The molecule has 5 rings (SSSR count). The topological polar surface area (TPSA) is 75.7 Å². The van der Waals surface area contributed by atoms with E-state index in [4.69, 9.17) is 16.3 Å². The van der Waals surface area contributed by atoms with Gasteiger partial charge in [-0.25, -0.2) is 13.5 Å². The third-order valence-electron chi connectivity index (χ3n) is 6.60. The summed E-state index contributed by atoms with van der Waals surface area (Å²) in [4.78, 5) is 12.1. The first kappa shape index (κ1) is 20.8. The minimum absolute atomic E-state index is 0.0112. The van der Waals surface area contributed by atoms with Crippen molar-refractivity contribution in [3.05, 3.63) is 28.5 Å². The number of rotatable bonds is 6. The van der Waals surface area contributed by atoms with Crippen molar-refractivity contribution in [1.29, 1.82) is 0 Å². The summed E-state index contributed by atoms with van der Waals surface area (Å²) in [6, 6.07) is 2.01. The van der Waals surface area contributed by atoms with Crippen LogP contribution in [0.5, 0.6) is 5.75 Å². The Labute approximate surface area is 173 Å². The molecule has 0 aliphatic heterocycles. The zero-order valence-corrected chi connectivity index (χ0v) is 17.7. The lowest BCUT2D eigenvalue weighted by Gasteiger charge is -2.35. The van der Waals surface area contributed by atoms with Crippen molar-refractivity contribution < 1.29 is 26.7 Å². The molecule has 0 heterocycles. The number of hydrogen-bond donors (Lipinski definition) is 1. The summed E-state index contributed by atoms with van der Waals surface area (Å²) >= 11 is 6.16. The Morgan fingerprint density at radius 3 is 2.72 bits per heavy atom. The molecule has 0 spiro atoms. The lowest BCUT2D eigenvalue weighted by molar-refractivity contribution is 0.0438. The van der Waals surface area contributed by atoms with Crippen LogP contribution in [0.15, 0.2) is 12.1 Å². The van der Waals surface area contributed by atoms with Crippen molar-refractivity contribution in [2.24, 2.45) is 17.3 Å². The molecule has 1 aromatic carbocycles. The molecule has 160 valence electrons. The number of amides is 1. The molecule has 4 bridgehead atoms. The fraction of sp³-hybridized carbons (Fsp3) is 0.632. The second kappa shape index (κ2) is 6.78. The van der Waals surface area contributed by atoms with Gasteiger partial charge in [-0.3, -0.25) is 4.79 Å². The van der Waals surface area contributed by atoms with Gasteiger partial charge in [0.15, 0.2) is 0 Å². The predicted octanol–water partition coefficient (Wildman–Crippen LogP) is 3.31. The van der Waals surface area contributed by atoms with E-state index in [1.807, 2.05) is 0 Å². The van der Waals surface area contributed by atoms with Crippen LogP contribution in [-0.2, 0) is 10.2 Å². The van der Waals surface area contributed by atoms with E-state index < -0.39 is 33.2 Å². The Hall–Kier alpha value is -1.45. The number of nitrogens with one attached hydrogen (secondary N) is 1. The third kappa shape index (κ3) is 3.61. The first-order chi connectivity index (χ1) is 13.4. The van der Waals surface area contributed by atoms with Gasteiger partial charge in [-0.15, -0.1) is 0 Å². The van der Waals surface area contributed by atoms with E-state index in [-0.39, 0.29) is 28.7 Å². The van der Waals surface area contributed by atoms with Gasteiger partial charge in [0.05, 0.1) is 17.2 Å². The zero-order valence-electron chi connectivity index (χ0n) is 16.2. The Morgan fingerprint density at radius 1 is 1.34 bits per heavy atom. The predicted molar refractivity (Wildman–Crippen MR) is 103 cm³/mol. The van der Waals surface area contributed by atoms with Gasteiger partial charge >= 0.3 is 10.2 Å². The highest BCUT2D eigenvalue weighted by Crippen LogP contribution is 2.68. The summed E-state index contributed by atoms with van der Waals surface area (Å²) in [5.74, 6) is -1.37. The van der Waals surface area contributed by atoms with E-state index in [1.165, 1.54) is 14.1 Å². The van der Waals surface area contributed by atoms with Crippen molar-refractivity contribution in [2.75, 3.05) is 20.7 Å².